The fourth-order valence-corrected chi connectivity index (χ4v) is 1.38. The fraction of sp³-hybridized carbons (Fsp3) is 0.333. The molecule has 0 aliphatic carbocycles. The van der Waals surface area contributed by atoms with E-state index in [4.69, 9.17) is 5.26 Å². The van der Waals surface area contributed by atoms with Gasteiger partial charge >= 0.3 is 0 Å². The number of non-ortho nitro benzene ring substituents is 1. The normalized spacial score (nSPS) is 10.6. The van der Waals surface area contributed by atoms with Crippen LogP contribution in [0.15, 0.2) is 24.3 Å². The molecule has 0 heterocycles. The minimum absolute atomic E-state index is 0.0425. The quantitative estimate of drug-likeness (QED) is 0.604. The number of anilines is 1. The molecule has 6 heteroatoms. The predicted molar refractivity (Wildman–Crippen MR) is 65.9 cm³/mol. The first-order valence-corrected chi connectivity index (χ1v) is 5.23. The van der Waals surface area contributed by atoms with Crippen LogP contribution < -0.4 is 4.90 Å². The number of nitro benzene ring substituents is 1. The predicted octanol–water partition coefficient (Wildman–Crippen LogP) is 2.11. The zero-order chi connectivity index (χ0) is 13.9. The summed E-state index contributed by atoms with van der Waals surface area (Å²) in [7, 11) is 1.53. The van der Waals surface area contributed by atoms with Crippen molar-refractivity contribution in [2.75, 3.05) is 11.9 Å². The van der Waals surface area contributed by atoms with E-state index in [1.807, 2.05) is 6.07 Å². The average molecular weight is 247 g/mol. The summed E-state index contributed by atoms with van der Waals surface area (Å²) in [5, 5.41) is 19.4. The molecule has 0 fully saturated rings. The standard InChI is InChI=1S/C12H13N3O3/c1-12(2,8-13)11(16)14(3)9-4-6-10(7-5-9)15(17)18/h4-7H,1-3H3. The lowest BCUT2D eigenvalue weighted by atomic mass is 9.94. The lowest BCUT2D eigenvalue weighted by Crippen LogP contribution is -2.37. The van der Waals surface area contributed by atoms with Crippen LogP contribution >= 0.6 is 0 Å². The zero-order valence-electron chi connectivity index (χ0n) is 10.4. The van der Waals surface area contributed by atoms with Crippen molar-refractivity contribution in [3.63, 3.8) is 0 Å². The van der Waals surface area contributed by atoms with Gasteiger partial charge in [-0.15, -0.1) is 0 Å². The topological polar surface area (TPSA) is 87.2 Å². The molecule has 0 aliphatic heterocycles. The van der Waals surface area contributed by atoms with Crippen LogP contribution in [-0.4, -0.2) is 17.9 Å². The highest BCUT2D eigenvalue weighted by Crippen LogP contribution is 2.23. The van der Waals surface area contributed by atoms with Gasteiger partial charge < -0.3 is 4.90 Å². The van der Waals surface area contributed by atoms with Crippen LogP contribution in [0.3, 0.4) is 0 Å². The largest absolute Gasteiger partial charge is 0.314 e. The van der Waals surface area contributed by atoms with Crippen molar-refractivity contribution >= 4 is 17.3 Å². The van der Waals surface area contributed by atoms with Gasteiger partial charge in [0.1, 0.15) is 5.41 Å². The highest BCUT2D eigenvalue weighted by atomic mass is 16.6. The summed E-state index contributed by atoms with van der Waals surface area (Å²) in [4.78, 5) is 23.3. The van der Waals surface area contributed by atoms with E-state index in [-0.39, 0.29) is 11.6 Å². The molecule has 0 saturated carbocycles. The molecule has 1 aromatic rings. The summed E-state index contributed by atoms with van der Waals surface area (Å²) in [6, 6.07) is 7.51. The number of nitriles is 1. The lowest BCUT2D eigenvalue weighted by Gasteiger charge is -2.23. The molecule has 0 spiro atoms. The maximum Gasteiger partial charge on any atom is 0.269 e. The molecule has 0 unspecified atom stereocenters. The van der Waals surface area contributed by atoms with Crippen molar-refractivity contribution in [2.45, 2.75) is 13.8 Å². The van der Waals surface area contributed by atoms with Crippen LogP contribution in [0.5, 0.6) is 0 Å². The van der Waals surface area contributed by atoms with Crippen molar-refractivity contribution in [1.82, 2.24) is 0 Å². The first-order valence-electron chi connectivity index (χ1n) is 5.23. The molecule has 1 rings (SSSR count). The van der Waals surface area contributed by atoms with E-state index >= 15 is 0 Å². The monoisotopic (exact) mass is 247 g/mol. The summed E-state index contributed by atoms with van der Waals surface area (Å²) in [6.45, 7) is 3.05. The maximum absolute atomic E-state index is 12.0. The second-order valence-electron chi connectivity index (χ2n) is 4.37. The Morgan fingerprint density at radius 1 is 1.39 bits per heavy atom. The van der Waals surface area contributed by atoms with Crippen LogP contribution in [-0.2, 0) is 4.79 Å². The molecule has 0 bridgehead atoms. The number of benzene rings is 1. The van der Waals surface area contributed by atoms with Gasteiger partial charge in [-0.1, -0.05) is 0 Å². The number of hydrogen-bond donors (Lipinski definition) is 0. The Labute approximate surface area is 105 Å². The Morgan fingerprint density at radius 2 is 1.89 bits per heavy atom. The molecular weight excluding hydrogens is 234 g/mol. The highest BCUT2D eigenvalue weighted by molar-refractivity contribution is 5.98. The Bertz CT molecular complexity index is 514. The number of carbonyl (C=O) groups excluding carboxylic acids is 1. The van der Waals surface area contributed by atoms with E-state index < -0.39 is 10.3 Å². The smallest absolute Gasteiger partial charge is 0.269 e. The molecule has 1 amide bonds. The number of amides is 1. The van der Waals surface area contributed by atoms with Crippen molar-refractivity contribution in [3.05, 3.63) is 34.4 Å². The van der Waals surface area contributed by atoms with E-state index in [0.717, 1.165) is 0 Å². The van der Waals surface area contributed by atoms with Gasteiger partial charge in [-0.05, 0) is 26.0 Å². The fourth-order valence-electron chi connectivity index (χ4n) is 1.38. The van der Waals surface area contributed by atoms with Gasteiger partial charge in [0.25, 0.3) is 5.69 Å². The van der Waals surface area contributed by atoms with Crippen LogP contribution in [0.25, 0.3) is 0 Å². The van der Waals surface area contributed by atoms with Crippen LogP contribution in [0, 0.1) is 26.9 Å². The molecule has 0 atom stereocenters. The molecule has 0 aliphatic rings. The van der Waals surface area contributed by atoms with Crippen LogP contribution in [0.2, 0.25) is 0 Å². The second kappa shape index (κ2) is 4.84. The Balaban J connectivity index is 2.99. The molecule has 94 valence electrons. The molecule has 18 heavy (non-hydrogen) atoms. The van der Waals surface area contributed by atoms with Gasteiger partial charge in [0.2, 0.25) is 5.91 Å². The van der Waals surface area contributed by atoms with Gasteiger partial charge in [-0.3, -0.25) is 14.9 Å². The van der Waals surface area contributed by atoms with Crippen LogP contribution in [0.1, 0.15) is 13.8 Å². The summed E-state index contributed by atoms with van der Waals surface area (Å²) < 4.78 is 0. The van der Waals surface area contributed by atoms with Gasteiger partial charge in [-0.2, -0.15) is 5.26 Å². The molecule has 0 aromatic heterocycles. The van der Waals surface area contributed by atoms with E-state index in [2.05, 4.69) is 0 Å². The summed E-state index contributed by atoms with van der Waals surface area (Å²) in [6.07, 6.45) is 0. The highest BCUT2D eigenvalue weighted by Gasteiger charge is 2.31. The van der Waals surface area contributed by atoms with Crippen molar-refractivity contribution in [2.24, 2.45) is 5.41 Å². The summed E-state index contributed by atoms with van der Waals surface area (Å²) >= 11 is 0. The molecule has 0 N–H and O–H groups in total. The number of carbonyl (C=O) groups is 1. The molecule has 6 nitrogen and oxygen atoms in total. The minimum atomic E-state index is -1.13. The third-order valence-electron chi connectivity index (χ3n) is 2.57. The summed E-state index contributed by atoms with van der Waals surface area (Å²) in [5.74, 6) is -0.362. The van der Waals surface area contributed by atoms with Crippen molar-refractivity contribution < 1.29 is 9.72 Å². The Kier molecular flexibility index (Phi) is 3.67. The number of hydrogen-bond acceptors (Lipinski definition) is 4. The van der Waals surface area contributed by atoms with E-state index in [1.165, 1.54) is 50.1 Å². The molecule has 0 radical (unpaired) electrons. The second-order valence-corrected chi connectivity index (χ2v) is 4.37. The molecule has 0 saturated heterocycles. The molecular formula is C12H13N3O3. The number of rotatable bonds is 3. The number of nitrogens with zero attached hydrogens (tertiary/aromatic N) is 3. The summed E-state index contributed by atoms with van der Waals surface area (Å²) in [5.41, 5.74) is -0.663. The first-order chi connectivity index (χ1) is 8.29. The minimum Gasteiger partial charge on any atom is -0.314 e. The van der Waals surface area contributed by atoms with E-state index in [9.17, 15) is 14.9 Å². The van der Waals surface area contributed by atoms with Crippen LogP contribution in [0.4, 0.5) is 11.4 Å². The van der Waals surface area contributed by atoms with Crippen molar-refractivity contribution in [1.29, 1.82) is 5.26 Å². The van der Waals surface area contributed by atoms with E-state index in [0.29, 0.717) is 5.69 Å². The van der Waals surface area contributed by atoms with Gasteiger partial charge in [-0.25, -0.2) is 0 Å². The third-order valence-corrected chi connectivity index (χ3v) is 2.57. The first kappa shape index (κ1) is 13.6. The Morgan fingerprint density at radius 3 is 2.28 bits per heavy atom. The lowest BCUT2D eigenvalue weighted by molar-refractivity contribution is -0.384. The maximum atomic E-state index is 12.0. The number of nitro groups is 1. The Hall–Kier alpha value is -2.42. The van der Waals surface area contributed by atoms with Gasteiger partial charge in [0.05, 0.1) is 11.0 Å². The van der Waals surface area contributed by atoms with Gasteiger partial charge in [0.15, 0.2) is 0 Å². The van der Waals surface area contributed by atoms with Gasteiger partial charge in [0, 0.05) is 24.9 Å². The third kappa shape index (κ3) is 2.63. The average Bonchev–Trinajstić information content (AvgIpc) is 2.37. The van der Waals surface area contributed by atoms with E-state index in [1.54, 1.807) is 0 Å². The SMILES string of the molecule is CN(C(=O)C(C)(C)C#N)c1ccc([N+](=O)[O-])cc1. The zero-order valence-corrected chi connectivity index (χ0v) is 10.4. The van der Waals surface area contributed by atoms with Crippen molar-refractivity contribution in [3.8, 4) is 6.07 Å². The molecule has 1 aromatic carbocycles.